The number of fused-ring (bicyclic) bond motifs is 9. The Morgan fingerprint density at radius 3 is 2.46 bits per heavy atom. The minimum Gasteiger partial charge on any atom is -0.456 e. The molecule has 2 aliphatic rings. The van der Waals surface area contributed by atoms with Gasteiger partial charge in [0.15, 0.2) is 0 Å². The van der Waals surface area contributed by atoms with Crippen LogP contribution in [0.3, 0.4) is 0 Å². The van der Waals surface area contributed by atoms with Crippen LogP contribution in [-0.4, -0.2) is 5.71 Å². The van der Waals surface area contributed by atoms with E-state index in [4.69, 9.17) is 9.83 Å². The smallest absolute Gasteiger partial charge is 0.135 e. The molecular formula is C33H27NO. The maximum atomic E-state index is 9.10. The summed E-state index contributed by atoms with van der Waals surface area (Å²) in [6.07, 6.45) is 5.79. The lowest BCUT2D eigenvalue weighted by Gasteiger charge is -2.43. The molecule has 2 atom stereocenters. The van der Waals surface area contributed by atoms with Crippen molar-refractivity contribution in [3.63, 3.8) is 0 Å². The second kappa shape index (κ2) is 7.29. The summed E-state index contributed by atoms with van der Waals surface area (Å²) in [5, 5.41) is 11.3. The number of hydrogen-bond acceptors (Lipinski definition) is 2. The first kappa shape index (κ1) is 20.5. The number of rotatable bonds is 2. The zero-order valence-corrected chi connectivity index (χ0v) is 20.0. The molecule has 2 heteroatoms. The Bertz CT molecular complexity index is 1680. The van der Waals surface area contributed by atoms with Gasteiger partial charge < -0.3 is 4.42 Å². The normalized spacial score (nSPS) is 19.8. The second-order valence-electron chi connectivity index (χ2n) is 10.6. The van der Waals surface area contributed by atoms with E-state index in [1.807, 2.05) is 30.3 Å². The van der Waals surface area contributed by atoms with Gasteiger partial charge in [-0.15, -0.1) is 0 Å². The van der Waals surface area contributed by atoms with Crippen LogP contribution in [-0.2, 0) is 5.41 Å². The van der Waals surface area contributed by atoms with Gasteiger partial charge in [0.2, 0.25) is 0 Å². The van der Waals surface area contributed by atoms with E-state index < -0.39 is 0 Å². The van der Waals surface area contributed by atoms with E-state index >= 15 is 0 Å². The SMILES string of the molecule is CC1(C)c2ccc(C(=N)c3ccc4oc5ccccc5c4c3)cc2C2C=Cc3ccccc3C1C2. The van der Waals surface area contributed by atoms with Gasteiger partial charge in [-0.05, 0) is 70.3 Å². The Hall–Kier alpha value is -3.91. The lowest BCUT2D eigenvalue weighted by atomic mass is 9.60. The lowest BCUT2D eigenvalue weighted by molar-refractivity contribution is 0.352. The molecule has 0 aliphatic heterocycles. The molecule has 1 N–H and O–H groups in total. The third-order valence-corrected chi connectivity index (χ3v) is 8.34. The summed E-state index contributed by atoms with van der Waals surface area (Å²) in [6, 6.07) is 29.8. The van der Waals surface area contributed by atoms with Crippen LogP contribution < -0.4 is 0 Å². The molecule has 0 radical (unpaired) electrons. The molecule has 4 aromatic carbocycles. The summed E-state index contributed by atoms with van der Waals surface area (Å²) in [4.78, 5) is 0. The number of furan rings is 1. The van der Waals surface area contributed by atoms with Crippen molar-refractivity contribution in [3.05, 3.63) is 124 Å². The Morgan fingerprint density at radius 2 is 1.54 bits per heavy atom. The Labute approximate surface area is 205 Å². The predicted octanol–water partition coefficient (Wildman–Crippen LogP) is 8.58. The van der Waals surface area contributed by atoms with E-state index in [9.17, 15) is 0 Å². The topological polar surface area (TPSA) is 37.0 Å². The summed E-state index contributed by atoms with van der Waals surface area (Å²) in [7, 11) is 0. The average Bonchev–Trinajstić information content (AvgIpc) is 3.15. The fourth-order valence-electron chi connectivity index (χ4n) is 6.42. The van der Waals surface area contributed by atoms with Crippen molar-refractivity contribution in [2.45, 2.75) is 37.5 Å². The predicted molar refractivity (Wildman–Crippen MR) is 145 cm³/mol. The van der Waals surface area contributed by atoms with E-state index in [0.717, 1.165) is 39.5 Å². The summed E-state index contributed by atoms with van der Waals surface area (Å²) >= 11 is 0. The Kier molecular flexibility index (Phi) is 4.26. The van der Waals surface area contributed by atoms with Crippen LogP contribution in [0.25, 0.3) is 28.0 Å². The fraction of sp³-hybridized carbons (Fsp3) is 0.182. The largest absolute Gasteiger partial charge is 0.456 e. The minimum atomic E-state index is 0.0310. The van der Waals surface area contributed by atoms with Gasteiger partial charge in [-0.2, -0.15) is 0 Å². The minimum absolute atomic E-state index is 0.0310. The van der Waals surface area contributed by atoms with Gasteiger partial charge in [-0.3, -0.25) is 5.41 Å². The third-order valence-electron chi connectivity index (χ3n) is 8.34. The number of nitrogens with one attached hydrogen (secondary N) is 1. The first-order valence-electron chi connectivity index (χ1n) is 12.4. The van der Waals surface area contributed by atoms with Crippen LogP contribution in [0.15, 0.2) is 95.4 Å². The van der Waals surface area contributed by atoms with Crippen molar-refractivity contribution in [2.24, 2.45) is 0 Å². The molecule has 2 unspecified atom stereocenters. The maximum absolute atomic E-state index is 9.10. The van der Waals surface area contributed by atoms with E-state index in [2.05, 4.69) is 80.6 Å². The van der Waals surface area contributed by atoms with Gasteiger partial charge in [-0.25, -0.2) is 0 Å². The van der Waals surface area contributed by atoms with Crippen LogP contribution in [0.4, 0.5) is 0 Å². The molecule has 170 valence electrons. The first-order chi connectivity index (χ1) is 17.0. The van der Waals surface area contributed by atoms with Crippen molar-refractivity contribution in [1.29, 1.82) is 5.41 Å². The zero-order chi connectivity index (χ0) is 23.7. The maximum Gasteiger partial charge on any atom is 0.135 e. The molecule has 2 nitrogen and oxygen atoms in total. The van der Waals surface area contributed by atoms with Gasteiger partial charge in [0.1, 0.15) is 11.2 Å². The van der Waals surface area contributed by atoms with E-state index in [1.54, 1.807) is 0 Å². The van der Waals surface area contributed by atoms with Gasteiger partial charge in [0, 0.05) is 27.8 Å². The van der Waals surface area contributed by atoms with E-state index in [1.165, 1.54) is 22.3 Å². The van der Waals surface area contributed by atoms with Crippen LogP contribution in [0.1, 0.15) is 65.5 Å². The van der Waals surface area contributed by atoms with E-state index in [0.29, 0.717) is 17.5 Å². The molecule has 1 heterocycles. The van der Waals surface area contributed by atoms with Crippen molar-refractivity contribution in [2.75, 3.05) is 0 Å². The standard InChI is InChI=1S/C33H27NO/c1-33(2)28-15-13-22(17-26(28)21-12-11-20-7-3-4-8-24(20)29(33)19-21)32(34)23-14-16-31-27(18-23)25-9-5-6-10-30(25)35-31/h3-18,21,29,34H,19H2,1-2H3. The lowest BCUT2D eigenvalue weighted by Crippen LogP contribution is -2.34. The molecule has 7 rings (SSSR count). The molecule has 0 saturated carbocycles. The van der Waals surface area contributed by atoms with Gasteiger partial charge >= 0.3 is 0 Å². The average molecular weight is 454 g/mol. The molecule has 35 heavy (non-hydrogen) atoms. The molecule has 0 fully saturated rings. The molecule has 0 saturated heterocycles. The quantitative estimate of drug-likeness (QED) is 0.267. The molecule has 0 amide bonds. The third kappa shape index (κ3) is 2.99. The van der Waals surface area contributed by atoms with Crippen molar-refractivity contribution in [3.8, 4) is 0 Å². The Morgan fingerprint density at radius 1 is 0.800 bits per heavy atom. The number of hydrogen-bond donors (Lipinski definition) is 1. The van der Waals surface area contributed by atoms with E-state index in [-0.39, 0.29) is 5.41 Å². The van der Waals surface area contributed by atoms with Crippen LogP contribution in [0.5, 0.6) is 0 Å². The molecular weight excluding hydrogens is 426 g/mol. The van der Waals surface area contributed by atoms with Crippen molar-refractivity contribution >= 4 is 33.7 Å². The van der Waals surface area contributed by atoms with Crippen LogP contribution >= 0.6 is 0 Å². The molecule has 1 aromatic heterocycles. The number of allylic oxidation sites excluding steroid dienone is 1. The summed E-state index contributed by atoms with van der Waals surface area (Å²) in [5.74, 6) is 0.844. The van der Waals surface area contributed by atoms with Crippen molar-refractivity contribution in [1.82, 2.24) is 0 Å². The summed E-state index contributed by atoms with van der Waals surface area (Å²) in [5.41, 5.74) is 9.81. The molecule has 5 aromatic rings. The highest BCUT2D eigenvalue weighted by Crippen LogP contribution is 2.53. The summed E-state index contributed by atoms with van der Waals surface area (Å²) < 4.78 is 6.00. The second-order valence-corrected chi connectivity index (χ2v) is 10.6. The van der Waals surface area contributed by atoms with Gasteiger partial charge in [0.25, 0.3) is 0 Å². The number of benzene rings is 4. The fourth-order valence-corrected chi connectivity index (χ4v) is 6.42. The molecule has 2 bridgehead atoms. The van der Waals surface area contributed by atoms with Crippen LogP contribution in [0, 0.1) is 5.41 Å². The zero-order valence-electron chi connectivity index (χ0n) is 20.0. The first-order valence-corrected chi connectivity index (χ1v) is 12.4. The van der Waals surface area contributed by atoms with Crippen LogP contribution in [0.2, 0.25) is 0 Å². The van der Waals surface area contributed by atoms with Gasteiger partial charge in [0.05, 0.1) is 5.71 Å². The monoisotopic (exact) mass is 453 g/mol. The highest BCUT2D eigenvalue weighted by Gasteiger charge is 2.42. The molecule has 0 spiro atoms. The highest BCUT2D eigenvalue weighted by molar-refractivity contribution is 6.14. The molecule has 2 aliphatic carbocycles. The number of para-hydroxylation sites is 1. The van der Waals surface area contributed by atoms with Crippen molar-refractivity contribution < 1.29 is 4.42 Å². The van der Waals surface area contributed by atoms with Gasteiger partial charge in [-0.1, -0.05) is 80.6 Å². The summed E-state index contributed by atoms with van der Waals surface area (Å²) in [6.45, 7) is 4.77. The Balaban J connectivity index is 1.33. The highest BCUT2D eigenvalue weighted by atomic mass is 16.3.